The molecule has 0 radical (unpaired) electrons. The van der Waals surface area contributed by atoms with Gasteiger partial charge in [0.25, 0.3) is 0 Å². The van der Waals surface area contributed by atoms with Gasteiger partial charge in [-0.05, 0) is 53.9 Å². The van der Waals surface area contributed by atoms with Crippen LogP contribution in [0.15, 0.2) is 22.7 Å². The summed E-state index contributed by atoms with van der Waals surface area (Å²) in [6, 6.07) is 5.51. The molecule has 0 saturated heterocycles. The second kappa shape index (κ2) is 8.02. The van der Waals surface area contributed by atoms with Crippen molar-refractivity contribution in [1.29, 1.82) is 0 Å². The number of amides is 1. The third-order valence-corrected chi connectivity index (χ3v) is 3.71. The molecule has 1 N–H and O–H groups in total. The first-order chi connectivity index (χ1) is 9.85. The van der Waals surface area contributed by atoms with Crippen LogP contribution in [0.3, 0.4) is 0 Å². The van der Waals surface area contributed by atoms with Crippen molar-refractivity contribution in [3.63, 3.8) is 0 Å². The Morgan fingerprint density at radius 2 is 2.05 bits per heavy atom. The molecule has 21 heavy (non-hydrogen) atoms. The Hall–Kier alpha value is -1.56. The zero-order chi connectivity index (χ0) is 16.0. The maximum atomic E-state index is 12.1. The number of rotatable bonds is 7. The van der Waals surface area contributed by atoms with E-state index >= 15 is 0 Å². The Bertz CT molecular complexity index is 516. The maximum Gasteiger partial charge on any atom is 0.323 e. The summed E-state index contributed by atoms with van der Waals surface area (Å²) in [5, 5.41) is 8.85. The van der Waals surface area contributed by atoms with E-state index in [1.54, 1.807) is 7.11 Å². The molecule has 0 aliphatic rings. The van der Waals surface area contributed by atoms with Gasteiger partial charge in [-0.3, -0.25) is 9.59 Å². The second-order valence-corrected chi connectivity index (χ2v) is 5.83. The summed E-state index contributed by atoms with van der Waals surface area (Å²) in [5.41, 5.74) is 0.995. The second-order valence-electron chi connectivity index (χ2n) is 4.98. The summed E-state index contributed by atoms with van der Waals surface area (Å²) in [4.78, 5) is 24.3. The van der Waals surface area contributed by atoms with Gasteiger partial charge in [-0.2, -0.15) is 0 Å². The van der Waals surface area contributed by atoms with Crippen molar-refractivity contribution in [3.05, 3.63) is 28.2 Å². The molecule has 1 aromatic rings. The van der Waals surface area contributed by atoms with Crippen LogP contribution in [0.25, 0.3) is 0 Å². The fourth-order valence-corrected chi connectivity index (χ4v) is 2.55. The van der Waals surface area contributed by atoms with Crippen LogP contribution >= 0.6 is 15.9 Å². The maximum absolute atomic E-state index is 12.1. The number of methoxy groups -OCH3 is 1. The van der Waals surface area contributed by atoms with Crippen LogP contribution in [0, 0.1) is 0 Å². The number of nitrogens with zero attached hydrogens (tertiary/aromatic N) is 1. The van der Waals surface area contributed by atoms with E-state index in [1.807, 2.05) is 32.0 Å². The Morgan fingerprint density at radius 3 is 2.52 bits per heavy atom. The quantitative estimate of drug-likeness (QED) is 0.814. The molecular weight excluding hydrogens is 338 g/mol. The molecule has 0 unspecified atom stereocenters. The first-order valence-electron chi connectivity index (χ1n) is 6.68. The molecule has 0 heterocycles. The Kier molecular flexibility index (Phi) is 6.68. The number of carboxylic acids is 1. The number of carbonyl (C=O) groups is 2. The van der Waals surface area contributed by atoms with Crippen LogP contribution in [-0.4, -0.2) is 41.6 Å². The lowest BCUT2D eigenvalue weighted by molar-refractivity contribution is -0.145. The molecule has 0 aliphatic carbocycles. The number of halogens is 1. The van der Waals surface area contributed by atoms with Gasteiger partial charge in [0.1, 0.15) is 12.3 Å². The van der Waals surface area contributed by atoms with E-state index in [0.29, 0.717) is 6.42 Å². The molecule has 0 fully saturated rings. The number of aryl methyl sites for hydroxylation is 1. The fraction of sp³-hybridized carbons (Fsp3) is 0.467. The molecular formula is C15H20BrNO4. The summed E-state index contributed by atoms with van der Waals surface area (Å²) < 4.78 is 5.99. The van der Waals surface area contributed by atoms with Crippen molar-refractivity contribution in [1.82, 2.24) is 4.90 Å². The van der Waals surface area contributed by atoms with Crippen LogP contribution in [0.5, 0.6) is 5.75 Å². The summed E-state index contributed by atoms with van der Waals surface area (Å²) in [5.74, 6) is -0.414. The zero-order valence-electron chi connectivity index (χ0n) is 12.4. The monoisotopic (exact) mass is 357 g/mol. The first-order valence-corrected chi connectivity index (χ1v) is 7.48. The normalized spacial score (nSPS) is 10.5. The highest BCUT2D eigenvalue weighted by Crippen LogP contribution is 2.26. The molecule has 1 aromatic carbocycles. The molecule has 0 aliphatic heterocycles. The highest BCUT2D eigenvalue weighted by Gasteiger charge is 2.19. The molecule has 6 heteroatoms. The van der Waals surface area contributed by atoms with Crippen LogP contribution < -0.4 is 4.74 Å². The highest BCUT2D eigenvalue weighted by atomic mass is 79.9. The molecule has 0 bridgehead atoms. The van der Waals surface area contributed by atoms with Gasteiger partial charge < -0.3 is 14.7 Å². The van der Waals surface area contributed by atoms with Crippen molar-refractivity contribution >= 4 is 27.8 Å². The van der Waals surface area contributed by atoms with E-state index in [1.165, 1.54) is 4.90 Å². The molecule has 0 saturated carbocycles. The summed E-state index contributed by atoms with van der Waals surface area (Å²) >= 11 is 3.40. The van der Waals surface area contributed by atoms with Gasteiger partial charge in [0.05, 0.1) is 11.6 Å². The average molecular weight is 358 g/mol. The molecule has 116 valence electrons. The van der Waals surface area contributed by atoms with Crippen LogP contribution in [0.4, 0.5) is 0 Å². The number of benzene rings is 1. The minimum absolute atomic E-state index is 0.129. The molecule has 5 nitrogen and oxygen atoms in total. The lowest BCUT2D eigenvalue weighted by Gasteiger charge is -2.24. The van der Waals surface area contributed by atoms with Gasteiger partial charge in [0.15, 0.2) is 0 Å². The Balaban J connectivity index is 2.66. The number of hydrogen-bond donors (Lipinski definition) is 1. The predicted molar refractivity (Wildman–Crippen MR) is 83.5 cm³/mol. The summed E-state index contributed by atoms with van der Waals surface area (Å²) in [7, 11) is 1.59. The topological polar surface area (TPSA) is 66.8 Å². The van der Waals surface area contributed by atoms with E-state index in [-0.39, 0.29) is 24.9 Å². The minimum atomic E-state index is -0.996. The fourth-order valence-electron chi connectivity index (χ4n) is 1.96. The van der Waals surface area contributed by atoms with Gasteiger partial charge in [0.2, 0.25) is 5.91 Å². The third kappa shape index (κ3) is 5.38. The Labute approximate surface area is 133 Å². The lowest BCUT2D eigenvalue weighted by Crippen LogP contribution is -2.40. The molecule has 0 aromatic heterocycles. The number of carboxylic acid groups (broad SMARTS) is 1. The average Bonchev–Trinajstić information content (AvgIpc) is 2.41. The largest absolute Gasteiger partial charge is 0.496 e. The van der Waals surface area contributed by atoms with E-state index in [4.69, 9.17) is 9.84 Å². The van der Waals surface area contributed by atoms with Crippen molar-refractivity contribution in [3.8, 4) is 5.75 Å². The van der Waals surface area contributed by atoms with Crippen molar-refractivity contribution < 1.29 is 19.4 Å². The van der Waals surface area contributed by atoms with Gasteiger partial charge in [-0.15, -0.1) is 0 Å². The van der Waals surface area contributed by atoms with Gasteiger partial charge in [-0.25, -0.2) is 0 Å². The van der Waals surface area contributed by atoms with Crippen LogP contribution in [-0.2, 0) is 16.0 Å². The molecule has 0 spiro atoms. The number of carbonyl (C=O) groups excluding carboxylic acids is 1. The predicted octanol–water partition coefficient (Wildman–Crippen LogP) is 2.71. The number of hydrogen-bond acceptors (Lipinski definition) is 3. The van der Waals surface area contributed by atoms with Gasteiger partial charge >= 0.3 is 5.97 Å². The highest BCUT2D eigenvalue weighted by molar-refractivity contribution is 9.10. The van der Waals surface area contributed by atoms with Gasteiger partial charge in [-0.1, -0.05) is 6.07 Å². The minimum Gasteiger partial charge on any atom is -0.496 e. The van der Waals surface area contributed by atoms with E-state index < -0.39 is 5.97 Å². The summed E-state index contributed by atoms with van der Waals surface area (Å²) in [6.07, 6.45) is 0.842. The van der Waals surface area contributed by atoms with E-state index in [2.05, 4.69) is 15.9 Å². The standard InChI is InChI=1S/C15H20BrNO4/c1-10(2)17(9-15(19)20)14(18)7-5-11-4-6-13(21-3)12(16)8-11/h4,6,8,10H,5,7,9H2,1-3H3,(H,19,20). The Morgan fingerprint density at radius 1 is 1.38 bits per heavy atom. The van der Waals surface area contributed by atoms with Gasteiger partial charge in [0, 0.05) is 12.5 Å². The molecule has 1 rings (SSSR count). The molecule has 1 amide bonds. The summed E-state index contributed by atoms with van der Waals surface area (Å²) in [6.45, 7) is 3.36. The third-order valence-electron chi connectivity index (χ3n) is 3.09. The lowest BCUT2D eigenvalue weighted by atomic mass is 10.1. The smallest absolute Gasteiger partial charge is 0.323 e. The molecule has 0 atom stereocenters. The van der Waals surface area contributed by atoms with Crippen molar-refractivity contribution in [2.45, 2.75) is 32.7 Å². The van der Waals surface area contributed by atoms with E-state index in [0.717, 1.165) is 15.8 Å². The van der Waals surface area contributed by atoms with Crippen molar-refractivity contribution in [2.24, 2.45) is 0 Å². The first kappa shape index (κ1) is 17.5. The SMILES string of the molecule is COc1ccc(CCC(=O)N(CC(=O)O)C(C)C)cc1Br. The van der Waals surface area contributed by atoms with Crippen LogP contribution in [0.2, 0.25) is 0 Å². The number of aliphatic carboxylic acids is 1. The van der Waals surface area contributed by atoms with Crippen LogP contribution in [0.1, 0.15) is 25.8 Å². The van der Waals surface area contributed by atoms with E-state index in [9.17, 15) is 9.59 Å². The van der Waals surface area contributed by atoms with Crippen molar-refractivity contribution in [2.75, 3.05) is 13.7 Å². The number of ether oxygens (including phenoxy) is 1. The zero-order valence-corrected chi connectivity index (χ0v) is 14.0.